The Morgan fingerprint density at radius 2 is 1.75 bits per heavy atom. The Bertz CT molecular complexity index is 813. The molecule has 3 rings (SSSR count). The predicted octanol–water partition coefficient (Wildman–Crippen LogP) is 5.62. The molecule has 3 nitrogen and oxygen atoms in total. The van der Waals surface area contributed by atoms with Gasteiger partial charge in [-0.1, -0.05) is 49.6 Å². The molecule has 6 heteroatoms. The topological polar surface area (TPSA) is 41.1 Å². The van der Waals surface area contributed by atoms with Crippen molar-refractivity contribution in [3.63, 3.8) is 0 Å². The van der Waals surface area contributed by atoms with E-state index in [-0.39, 0.29) is 17.6 Å². The van der Waals surface area contributed by atoms with Crippen LogP contribution in [0.1, 0.15) is 54.8 Å². The third-order valence-corrected chi connectivity index (χ3v) is 5.21. The number of amides is 1. The first kappa shape index (κ1) is 20.2. The maximum atomic E-state index is 13.1. The number of hydrogen-bond acceptors (Lipinski definition) is 2. The second-order valence-corrected chi connectivity index (χ2v) is 7.36. The fourth-order valence-electron chi connectivity index (χ4n) is 3.68. The number of anilines is 1. The molecule has 2 aromatic carbocycles. The average Bonchev–Trinajstić information content (AvgIpc) is 2.67. The van der Waals surface area contributed by atoms with Crippen LogP contribution in [0.25, 0.3) is 0 Å². The van der Waals surface area contributed by atoms with Crippen LogP contribution in [0.15, 0.2) is 48.5 Å². The Morgan fingerprint density at radius 3 is 2.43 bits per heavy atom. The third kappa shape index (κ3) is 5.06. The molecule has 1 saturated carbocycles. The zero-order chi connectivity index (χ0) is 20.1. The predicted molar refractivity (Wildman–Crippen MR) is 104 cm³/mol. The lowest BCUT2D eigenvalue weighted by atomic mass is 9.94. The van der Waals surface area contributed by atoms with Gasteiger partial charge in [0.05, 0.1) is 5.56 Å². The van der Waals surface area contributed by atoms with Crippen molar-refractivity contribution in [1.29, 1.82) is 0 Å². The molecule has 0 radical (unpaired) electrons. The summed E-state index contributed by atoms with van der Waals surface area (Å²) in [5, 5.41) is 6.11. The molecule has 0 aliphatic heterocycles. The highest BCUT2D eigenvalue weighted by atomic mass is 19.4. The summed E-state index contributed by atoms with van der Waals surface area (Å²) in [5.41, 5.74) is 1.19. The molecule has 0 heterocycles. The first-order valence-electron chi connectivity index (χ1n) is 9.64. The van der Waals surface area contributed by atoms with Gasteiger partial charge in [-0.25, -0.2) is 0 Å². The van der Waals surface area contributed by atoms with Crippen molar-refractivity contribution in [2.75, 3.05) is 5.32 Å². The van der Waals surface area contributed by atoms with Crippen molar-refractivity contribution < 1.29 is 18.0 Å². The SMILES string of the molecule is Cc1ccccc1C(Nc1cccc(C(F)(F)F)c1)C(=O)NC1CCCCC1. The van der Waals surface area contributed by atoms with Crippen molar-refractivity contribution in [2.24, 2.45) is 0 Å². The fraction of sp³-hybridized carbons (Fsp3) is 0.409. The number of carbonyl (C=O) groups is 1. The van der Waals surface area contributed by atoms with Crippen LogP contribution < -0.4 is 10.6 Å². The molecule has 1 aliphatic rings. The molecule has 1 aliphatic carbocycles. The molecule has 2 aromatic rings. The van der Waals surface area contributed by atoms with Gasteiger partial charge in [0.15, 0.2) is 0 Å². The van der Waals surface area contributed by atoms with Crippen molar-refractivity contribution in [1.82, 2.24) is 5.32 Å². The monoisotopic (exact) mass is 390 g/mol. The molecule has 150 valence electrons. The Morgan fingerprint density at radius 1 is 1.04 bits per heavy atom. The van der Waals surface area contributed by atoms with E-state index in [1.807, 2.05) is 31.2 Å². The minimum Gasteiger partial charge on any atom is -0.370 e. The normalized spacial score (nSPS) is 16.4. The molecular formula is C22H25F3N2O. The van der Waals surface area contributed by atoms with Crippen molar-refractivity contribution in [3.05, 3.63) is 65.2 Å². The number of alkyl halides is 3. The number of rotatable bonds is 5. The molecule has 0 bridgehead atoms. The van der Waals surface area contributed by atoms with E-state index >= 15 is 0 Å². The quantitative estimate of drug-likeness (QED) is 0.696. The largest absolute Gasteiger partial charge is 0.416 e. The molecule has 0 spiro atoms. The van der Waals surface area contributed by atoms with Crippen molar-refractivity contribution in [2.45, 2.75) is 57.3 Å². The lowest BCUT2D eigenvalue weighted by molar-refractivity contribution is -0.137. The Hall–Kier alpha value is -2.50. The Balaban J connectivity index is 1.86. The number of benzene rings is 2. The molecule has 2 N–H and O–H groups in total. The van der Waals surface area contributed by atoms with Crippen LogP contribution >= 0.6 is 0 Å². The Kier molecular flexibility index (Phi) is 6.27. The maximum absolute atomic E-state index is 13.1. The van der Waals surface area contributed by atoms with Gasteiger partial charge in [-0.3, -0.25) is 4.79 Å². The maximum Gasteiger partial charge on any atom is 0.416 e. The van der Waals surface area contributed by atoms with Gasteiger partial charge in [0.25, 0.3) is 0 Å². The summed E-state index contributed by atoms with van der Waals surface area (Å²) < 4.78 is 39.2. The minimum atomic E-state index is -4.43. The highest BCUT2D eigenvalue weighted by Crippen LogP contribution is 2.32. The molecule has 0 aromatic heterocycles. The smallest absolute Gasteiger partial charge is 0.370 e. The van der Waals surface area contributed by atoms with Gasteiger partial charge in [0, 0.05) is 11.7 Å². The van der Waals surface area contributed by atoms with Gasteiger partial charge in [-0.15, -0.1) is 0 Å². The lowest BCUT2D eigenvalue weighted by Gasteiger charge is -2.27. The van der Waals surface area contributed by atoms with Gasteiger partial charge in [0.2, 0.25) is 5.91 Å². The summed E-state index contributed by atoms with van der Waals surface area (Å²) >= 11 is 0. The molecule has 28 heavy (non-hydrogen) atoms. The number of halogens is 3. The van der Waals surface area contributed by atoms with E-state index in [0.29, 0.717) is 0 Å². The molecule has 1 atom stereocenters. The fourth-order valence-corrected chi connectivity index (χ4v) is 3.68. The van der Waals surface area contributed by atoms with Crippen LogP contribution in [0.3, 0.4) is 0 Å². The number of nitrogens with one attached hydrogen (secondary N) is 2. The van der Waals surface area contributed by atoms with Crippen molar-refractivity contribution >= 4 is 11.6 Å². The van der Waals surface area contributed by atoms with E-state index < -0.39 is 17.8 Å². The number of hydrogen-bond donors (Lipinski definition) is 2. The van der Waals surface area contributed by atoms with E-state index in [2.05, 4.69) is 10.6 Å². The van der Waals surface area contributed by atoms with Gasteiger partial charge >= 0.3 is 6.18 Å². The first-order valence-corrected chi connectivity index (χ1v) is 9.64. The van der Waals surface area contributed by atoms with Gasteiger partial charge < -0.3 is 10.6 Å². The molecule has 1 fully saturated rings. The van der Waals surface area contributed by atoms with E-state index in [1.54, 1.807) is 6.07 Å². The van der Waals surface area contributed by atoms with Crippen molar-refractivity contribution in [3.8, 4) is 0 Å². The van der Waals surface area contributed by atoms with Crippen LogP contribution in [-0.2, 0) is 11.0 Å². The van der Waals surface area contributed by atoms with Crippen LogP contribution in [0, 0.1) is 6.92 Å². The standard InChI is InChI=1S/C22H25F3N2O/c1-15-8-5-6-13-19(15)20(21(28)27-17-10-3-2-4-11-17)26-18-12-7-9-16(14-18)22(23,24)25/h5-9,12-14,17,20,26H,2-4,10-11H2,1H3,(H,27,28). The second-order valence-electron chi connectivity index (χ2n) is 7.36. The summed E-state index contributed by atoms with van der Waals surface area (Å²) in [6.45, 7) is 1.89. The summed E-state index contributed by atoms with van der Waals surface area (Å²) in [6, 6.07) is 11.8. The molecule has 1 amide bonds. The van der Waals surface area contributed by atoms with Gasteiger partial charge in [-0.05, 0) is 49.1 Å². The van der Waals surface area contributed by atoms with E-state index in [0.717, 1.165) is 48.9 Å². The van der Waals surface area contributed by atoms with E-state index in [9.17, 15) is 18.0 Å². The van der Waals surface area contributed by atoms with Crippen LogP contribution in [0.5, 0.6) is 0 Å². The summed E-state index contributed by atoms with van der Waals surface area (Å²) in [5.74, 6) is -0.210. The van der Waals surface area contributed by atoms with Crippen LogP contribution in [0.2, 0.25) is 0 Å². The molecular weight excluding hydrogens is 365 g/mol. The van der Waals surface area contributed by atoms with Crippen LogP contribution in [0.4, 0.5) is 18.9 Å². The Labute approximate surface area is 163 Å². The van der Waals surface area contributed by atoms with Gasteiger partial charge in [-0.2, -0.15) is 13.2 Å². The highest BCUT2D eigenvalue weighted by Gasteiger charge is 2.31. The van der Waals surface area contributed by atoms with E-state index in [4.69, 9.17) is 0 Å². The molecule has 0 saturated heterocycles. The van der Waals surface area contributed by atoms with Gasteiger partial charge in [0.1, 0.15) is 6.04 Å². The first-order chi connectivity index (χ1) is 13.3. The number of aryl methyl sites for hydroxylation is 1. The second kappa shape index (κ2) is 8.67. The highest BCUT2D eigenvalue weighted by molar-refractivity contribution is 5.86. The summed E-state index contributed by atoms with van der Waals surface area (Å²) in [7, 11) is 0. The average molecular weight is 390 g/mol. The minimum absolute atomic E-state index is 0.121. The zero-order valence-electron chi connectivity index (χ0n) is 15.9. The van der Waals surface area contributed by atoms with E-state index in [1.165, 1.54) is 12.5 Å². The third-order valence-electron chi connectivity index (χ3n) is 5.21. The number of carbonyl (C=O) groups excluding carboxylic acids is 1. The molecule has 1 unspecified atom stereocenters. The van der Waals surface area contributed by atoms with Crippen LogP contribution in [-0.4, -0.2) is 11.9 Å². The summed E-state index contributed by atoms with van der Waals surface area (Å²) in [4.78, 5) is 13.1. The zero-order valence-corrected chi connectivity index (χ0v) is 15.9. The summed E-state index contributed by atoms with van der Waals surface area (Å²) in [6.07, 6.45) is 0.796. The lowest BCUT2D eigenvalue weighted by Crippen LogP contribution is -2.41.